The Kier molecular flexibility index (Phi) is 2.17. The molecule has 2 rings (SSSR count). The molecule has 0 spiro atoms. The van der Waals surface area contributed by atoms with Crippen molar-refractivity contribution < 1.29 is 4.92 Å². The zero-order chi connectivity index (χ0) is 10.8. The maximum absolute atomic E-state index is 10.7. The van der Waals surface area contributed by atoms with Crippen LogP contribution in [-0.4, -0.2) is 19.5 Å². The summed E-state index contributed by atoms with van der Waals surface area (Å²) in [6, 6.07) is 1.48. The quantitative estimate of drug-likeness (QED) is 0.548. The first-order valence-electron chi connectivity index (χ1n) is 4.28. The van der Waals surface area contributed by atoms with Gasteiger partial charge in [-0.05, 0) is 6.92 Å². The van der Waals surface area contributed by atoms with Crippen LogP contribution < -0.4 is 0 Å². The van der Waals surface area contributed by atoms with Crippen LogP contribution in [0.2, 0.25) is 0 Å². The predicted molar refractivity (Wildman–Crippen MR) is 52.8 cm³/mol. The van der Waals surface area contributed by atoms with E-state index in [1.807, 2.05) is 0 Å². The van der Waals surface area contributed by atoms with Gasteiger partial charge in [-0.3, -0.25) is 15.1 Å². The number of hydrogen-bond donors (Lipinski definition) is 0. The van der Waals surface area contributed by atoms with Gasteiger partial charge in [0.2, 0.25) is 0 Å². The van der Waals surface area contributed by atoms with E-state index in [0.29, 0.717) is 11.4 Å². The van der Waals surface area contributed by atoms with Crippen molar-refractivity contribution in [3.05, 3.63) is 46.8 Å². The molecule has 6 nitrogen and oxygen atoms in total. The van der Waals surface area contributed by atoms with Crippen molar-refractivity contribution >= 4 is 5.69 Å². The maximum Gasteiger partial charge on any atom is 0.292 e. The van der Waals surface area contributed by atoms with Crippen molar-refractivity contribution in [2.24, 2.45) is 0 Å². The van der Waals surface area contributed by atoms with Gasteiger partial charge in [0.15, 0.2) is 0 Å². The summed E-state index contributed by atoms with van der Waals surface area (Å²) in [6.07, 6.45) is 6.45. The van der Waals surface area contributed by atoms with Crippen molar-refractivity contribution in [3.8, 4) is 5.69 Å². The third-order valence-electron chi connectivity index (χ3n) is 2.05. The average Bonchev–Trinajstić information content (AvgIpc) is 2.71. The smallest absolute Gasteiger partial charge is 0.292 e. The minimum Gasteiger partial charge on any atom is -0.305 e. The average molecular weight is 204 g/mol. The third-order valence-corrected chi connectivity index (χ3v) is 2.05. The Morgan fingerprint density at radius 1 is 1.53 bits per heavy atom. The molecule has 2 aromatic rings. The second kappa shape index (κ2) is 3.49. The Bertz CT molecular complexity index is 493. The van der Waals surface area contributed by atoms with E-state index < -0.39 is 4.92 Å². The topological polar surface area (TPSA) is 73.8 Å². The molecule has 0 atom stereocenters. The molecular formula is C9H8N4O2. The number of aryl methyl sites for hydroxylation is 1. The summed E-state index contributed by atoms with van der Waals surface area (Å²) in [7, 11) is 0. The number of hydrogen-bond acceptors (Lipinski definition) is 4. The highest BCUT2D eigenvalue weighted by Gasteiger charge is 2.12. The van der Waals surface area contributed by atoms with Crippen molar-refractivity contribution in [1.29, 1.82) is 0 Å². The van der Waals surface area contributed by atoms with Gasteiger partial charge in [-0.1, -0.05) is 0 Å². The van der Waals surface area contributed by atoms with E-state index in [2.05, 4.69) is 9.97 Å². The van der Waals surface area contributed by atoms with Crippen molar-refractivity contribution in [2.45, 2.75) is 6.92 Å². The molecule has 0 saturated heterocycles. The second-order valence-electron chi connectivity index (χ2n) is 3.03. The Labute approximate surface area is 85.4 Å². The molecule has 76 valence electrons. The SMILES string of the molecule is Cc1ncc(-n2ccnc2)cc1[N+](=O)[O-]. The summed E-state index contributed by atoms with van der Waals surface area (Å²) in [6.45, 7) is 1.61. The number of pyridine rings is 1. The van der Waals surface area contributed by atoms with Gasteiger partial charge in [-0.2, -0.15) is 0 Å². The Hall–Kier alpha value is -2.24. The van der Waals surface area contributed by atoms with Crippen molar-refractivity contribution in [2.75, 3.05) is 0 Å². The van der Waals surface area contributed by atoms with Gasteiger partial charge >= 0.3 is 0 Å². The number of nitrogens with zero attached hydrogens (tertiary/aromatic N) is 4. The standard InChI is InChI=1S/C9H8N4O2/c1-7-9(13(14)15)4-8(5-11-7)12-3-2-10-6-12/h2-6H,1H3. The van der Waals surface area contributed by atoms with Crippen molar-refractivity contribution in [3.63, 3.8) is 0 Å². The number of rotatable bonds is 2. The highest BCUT2D eigenvalue weighted by molar-refractivity contribution is 5.44. The first kappa shape index (κ1) is 9.32. The molecule has 0 aromatic carbocycles. The van der Waals surface area contributed by atoms with Gasteiger partial charge in [-0.25, -0.2) is 4.98 Å². The Morgan fingerprint density at radius 3 is 2.93 bits per heavy atom. The molecule has 6 heteroatoms. The normalized spacial score (nSPS) is 10.2. The summed E-state index contributed by atoms with van der Waals surface area (Å²) in [4.78, 5) is 18.1. The van der Waals surface area contributed by atoms with E-state index in [1.165, 1.54) is 6.07 Å². The fourth-order valence-electron chi connectivity index (χ4n) is 1.25. The molecule has 0 aliphatic rings. The Morgan fingerprint density at radius 2 is 2.33 bits per heavy atom. The van der Waals surface area contributed by atoms with Crippen LogP contribution in [0, 0.1) is 17.0 Å². The molecule has 0 amide bonds. The van der Waals surface area contributed by atoms with Gasteiger partial charge in [-0.15, -0.1) is 0 Å². The van der Waals surface area contributed by atoms with Crippen LogP contribution in [-0.2, 0) is 0 Å². The van der Waals surface area contributed by atoms with Crippen molar-refractivity contribution in [1.82, 2.24) is 14.5 Å². The monoisotopic (exact) mass is 204 g/mol. The number of imidazole rings is 1. The van der Waals surface area contributed by atoms with Crippen LogP contribution in [0.5, 0.6) is 0 Å². The van der Waals surface area contributed by atoms with E-state index in [0.717, 1.165) is 0 Å². The zero-order valence-corrected chi connectivity index (χ0v) is 7.99. The fourth-order valence-corrected chi connectivity index (χ4v) is 1.25. The highest BCUT2D eigenvalue weighted by Crippen LogP contribution is 2.18. The summed E-state index contributed by atoms with van der Waals surface area (Å²) < 4.78 is 1.67. The first-order valence-corrected chi connectivity index (χ1v) is 4.28. The van der Waals surface area contributed by atoms with E-state index >= 15 is 0 Å². The number of nitro groups is 1. The van der Waals surface area contributed by atoms with E-state index in [1.54, 1.807) is 36.4 Å². The summed E-state index contributed by atoms with van der Waals surface area (Å²) in [5.74, 6) is 0. The molecule has 0 aliphatic carbocycles. The third kappa shape index (κ3) is 1.69. The molecule has 0 saturated carbocycles. The number of aromatic nitrogens is 3. The van der Waals surface area contributed by atoms with Crippen LogP contribution in [0.3, 0.4) is 0 Å². The van der Waals surface area contributed by atoms with E-state index in [9.17, 15) is 10.1 Å². The lowest BCUT2D eigenvalue weighted by Crippen LogP contribution is -1.98. The van der Waals surface area contributed by atoms with Gasteiger partial charge in [0.1, 0.15) is 5.69 Å². The van der Waals surface area contributed by atoms with E-state index in [-0.39, 0.29) is 5.69 Å². The molecule has 2 aromatic heterocycles. The van der Waals surface area contributed by atoms with Gasteiger partial charge in [0, 0.05) is 18.5 Å². The first-order chi connectivity index (χ1) is 7.18. The minimum atomic E-state index is -0.442. The second-order valence-corrected chi connectivity index (χ2v) is 3.03. The minimum absolute atomic E-state index is 0.0150. The summed E-state index contributed by atoms with van der Waals surface area (Å²) in [5, 5.41) is 10.7. The molecule has 0 fully saturated rings. The van der Waals surface area contributed by atoms with Gasteiger partial charge in [0.25, 0.3) is 5.69 Å². The summed E-state index contributed by atoms with van der Waals surface area (Å²) >= 11 is 0. The Balaban J connectivity index is 2.52. The lowest BCUT2D eigenvalue weighted by atomic mass is 10.3. The van der Waals surface area contributed by atoms with Crippen LogP contribution in [0.4, 0.5) is 5.69 Å². The molecule has 0 unspecified atom stereocenters. The molecular weight excluding hydrogens is 196 g/mol. The van der Waals surface area contributed by atoms with Gasteiger partial charge < -0.3 is 4.57 Å². The predicted octanol–water partition coefficient (Wildman–Crippen LogP) is 1.48. The molecule has 0 aliphatic heterocycles. The molecule has 0 bridgehead atoms. The lowest BCUT2D eigenvalue weighted by Gasteiger charge is -2.02. The van der Waals surface area contributed by atoms with Crippen LogP contribution >= 0.6 is 0 Å². The maximum atomic E-state index is 10.7. The highest BCUT2D eigenvalue weighted by atomic mass is 16.6. The summed E-state index contributed by atoms with van der Waals surface area (Å²) in [5.41, 5.74) is 1.05. The molecule has 0 N–H and O–H groups in total. The molecule has 15 heavy (non-hydrogen) atoms. The van der Waals surface area contributed by atoms with Crippen LogP contribution in [0.15, 0.2) is 31.0 Å². The van der Waals surface area contributed by atoms with Gasteiger partial charge in [0.05, 0.1) is 23.1 Å². The largest absolute Gasteiger partial charge is 0.305 e. The van der Waals surface area contributed by atoms with E-state index in [4.69, 9.17) is 0 Å². The molecule has 0 radical (unpaired) electrons. The molecule has 2 heterocycles. The zero-order valence-electron chi connectivity index (χ0n) is 7.99. The van der Waals surface area contributed by atoms with Crippen LogP contribution in [0.1, 0.15) is 5.69 Å². The lowest BCUT2D eigenvalue weighted by molar-refractivity contribution is -0.385. The van der Waals surface area contributed by atoms with Crippen LogP contribution in [0.25, 0.3) is 5.69 Å². The fraction of sp³-hybridized carbons (Fsp3) is 0.111.